The van der Waals surface area contributed by atoms with Crippen LogP contribution >= 0.6 is 0 Å². The Morgan fingerprint density at radius 1 is 0.907 bits per heavy atom. The molecule has 0 radical (unpaired) electrons. The number of aryl methyl sites for hydroxylation is 2. The number of likely N-dealkylation sites (N-methyl/N-ethyl adjacent to an activating group) is 2. The van der Waals surface area contributed by atoms with E-state index in [4.69, 9.17) is 10.5 Å². The zero-order valence-electron chi connectivity index (χ0n) is 25.3. The van der Waals surface area contributed by atoms with Gasteiger partial charge in [-0.05, 0) is 72.4 Å². The van der Waals surface area contributed by atoms with E-state index >= 15 is 0 Å². The van der Waals surface area contributed by atoms with Gasteiger partial charge in [0.2, 0.25) is 5.91 Å². The normalized spacial score (nSPS) is 12.4. The third-order valence-corrected chi connectivity index (χ3v) is 6.98. The number of nitrogens with two attached hydrogens (primary N) is 1. The predicted molar refractivity (Wildman–Crippen MR) is 162 cm³/mol. The Labute approximate surface area is 251 Å². The quantitative estimate of drug-likeness (QED) is 0.291. The third-order valence-electron chi connectivity index (χ3n) is 6.98. The molecule has 0 spiro atoms. The van der Waals surface area contributed by atoms with Crippen LogP contribution in [-0.4, -0.2) is 74.0 Å². The molecule has 2 atom stereocenters. The van der Waals surface area contributed by atoms with Crippen LogP contribution in [0.25, 0.3) is 0 Å². The minimum Gasteiger partial charge on any atom is -0.456 e. The first-order valence-electron chi connectivity index (χ1n) is 14.1. The first-order chi connectivity index (χ1) is 20.4. The molecule has 3 N–H and O–H groups in total. The summed E-state index contributed by atoms with van der Waals surface area (Å²) in [4.78, 5) is 41.2. The van der Waals surface area contributed by atoms with E-state index in [1.165, 1.54) is 40.6 Å². The molecule has 2 amide bonds. The standard InChI is InChI=1S/C33H40F2N4O4/c1-6-22-8-7-9-23(12-22)18-37-19-30(29(36)15-24-13-27(34)17-28(35)14-24)43-33(42)26-11-21(2)10-25(16-26)32(41)39(5)20-31(40)38(3)4/h7-14,16-17,29-30,37H,6,15,18-20,36H2,1-5H3/t29?,30-/m1/s1. The lowest BCUT2D eigenvalue weighted by molar-refractivity contribution is -0.129. The summed E-state index contributed by atoms with van der Waals surface area (Å²) in [5, 5.41) is 3.28. The van der Waals surface area contributed by atoms with Crippen LogP contribution in [0.4, 0.5) is 8.78 Å². The molecule has 0 aliphatic rings. The van der Waals surface area contributed by atoms with E-state index in [9.17, 15) is 23.2 Å². The average molecular weight is 595 g/mol. The number of nitrogens with one attached hydrogen (secondary N) is 1. The Bertz CT molecular complexity index is 1430. The van der Waals surface area contributed by atoms with Crippen molar-refractivity contribution in [1.29, 1.82) is 0 Å². The maximum absolute atomic E-state index is 13.8. The second-order valence-corrected chi connectivity index (χ2v) is 10.9. The van der Waals surface area contributed by atoms with E-state index in [0.717, 1.165) is 18.1 Å². The summed E-state index contributed by atoms with van der Waals surface area (Å²) < 4.78 is 33.5. The van der Waals surface area contributed by atoms with Crippen LogP contribution in [0, 0.1) is 18.6 Å². The minimum atomic E-state index is -0.867. The fraction of sp³-hybridized carbons (Fsp3) is 0.364. The molecule has 3 aromatic carbocycles. The number of benzene rings is 3. The molecule has 0 aliphatic heterocycles. The lowest BCUT2D eigenvalue weighted by atomic mass is 10.0. The van der Waals surface area contributed by atoms with Crippen molar-refractivity contribution in [2.45, 2.75) is 45.4 Å². The number of esters is 1. The summed E-state index contributed by atoms with van der Waals surface area (Å²) in [6, 6.07) is 15.1. The Morgan fingerprint density at radius 3 is 2.21 bits per heavy atom. The maximum atomic E-state index is 13.8. The Kier molecular flexibility index (Phi) is 11.9. The van der Waals surface area contributed by atoms with Crippen LogP contribution in [0.1, 0.15) is 49.9 Å². The highest BCUT2D eigenvalue weighted by Crippen LogP contribution is 2.17. The van der Waals surface area contributed by atoms with Crippen LogP contribution in [0.15, 0.2) is 60.7 Å². The molecule has 0 saturated heterocycles. The number of amides is 2. The molecule has 0 bridgehead atoms. The van der Waals surface area contributed by atoms with Crippen molar-refractivity contribution in [3.8, 4) is 0 Å². The van der Waals surface area contributed by atoms with Gasteiger partial charge >= 0.3 is 5.97 Å². The average Bonchev–Trinajstić information content (AvgIpc) is 2.95. The van der Waals surface area contributed by atoms with Crippen molar-refractivity contribution in [2.75, 3.05) is 34.2 Å². The molecular weight excluding hydrogens is 554 g/mol. The Hall–Kier alpha value is -4.15. The molecule has 0 saturated carbocycles. The third kappa shape index (κ3) is 9.97. The first kappa shape index (κ1) is 33.4. The molecule has 0 aliphatic carbocycles. The van der Waals surface area contributed by atoms with Crippen LogP contribution in [0.3, 0.4) is 0 Å². The highest BCUT2D eigenvalue weighted by Gasteiger charge is 2.25. The number of ether oxygens (including phenoxy) is 1. The molecule has 10 heteroatoms. The van der Waals surface area contributed by atoms with Gasteiger partial charge in [0.15, 0.2) is 0 Å². The molecule has 43 heavy (non-hydrogen) atoms. The largest absolute Gasteiger partial charge is 0.456 e. The highest BCUT2D eigenvalue weighted by molar-refractivity contribution is 5.99. The van der Waals surface area contributed by atoms with Crippen molar-refractivity contribution in [2.24, 2.45) is 5.73 Å². The SMILES string of the molecule is CCc1cccc(CNC[C@@H](OC(=O)c2cc(C)cc(C(=O)N(C)CC(=O)N(C)C)c2)C(N)Cc2cc(F)cc(F)c2)c1. The minimum absolute atomic E-state index is 0.0574. The maximum Gasteiger partial charge on any atom is 0.338 e. The predicted octanol–water partition coefficient (Wildman–Crippen LogP) is 3.88. The number of hydrogen-bond donors (Lipinski definition) is 2. The van der Waals surface area contributed by atoms with Crippen LogP contribution < -0.4 is 11.1 Å². The number of carbonyl (C=O) groups excluding carboxylic acids is 3. The zero-order valence-corrected chi connectivity index (χ0v) is 25.3. The van der Waals surface area contributed by atoms with Crippen LogP contribution in [0.2, 0.25) is 0 Å². The lowest BCUT2D eigenvalue weighted by Crippen LogP contribution is -2.46. The Balaban J connectivity index is 1.80. The van der Waals surface area contributed by atoms with E-state index in [1.54, 1.807) is 33.2 Å². The van der Waals surface area contributed by atoms with Gasteiger partial charge in [0.05, 0.1) is 12.1 Å². The number of halogens is 2. The number of nitrogens with zero attached hydrogens (tertiary/aromatic N) is 2. The summed E-state index contributed by atoms with van der Waals surface area (Å²) in [7, 11) is 4.71. The summed E-state index contributed by atoms with van der Waals surface area (Å²) in [5.41, 5.74) is 10.0. The van der Waals surface area contributed by atoms with Crippen molar-refractivity contribution in [3.63, 3.8) is 0 Å². The van der Waals surface area contributed by atoms with E-state index in [2.05, 4.69) is 18.3 Å². The van der Waals surface area contributed by atoms with E-state index in [0.29, 0.717) is 17.7 Å². The van der Waals surface area contributed by atoms with Gasteiger partial charge in [0.25, 0.3) is 5.91 Å². The van der Waals surface area contributed by atoms with Crippen LogP contribution in [-0.2, 0) is 28.9 Å². The zero-order chi connectivity index (χ0) is 31.7. The van der Waals surface area contributed by atoms with Gasteiger partial charge in [-0.2, -0.15) is 0 Å². The fourth-order valence-corrected chi connectivity index (χ4v) is 4.60. The van der Waals surface area contributed by atoms with Crippen molar-refractivity contribution < 1.29 is 27.9 Å². The van der Waals surface area contributed by atoms with Gasteiger partial charge in [-0.1, -0.05) is 31.2 Å². The molecule has 8 nitrogen and oxygen atoms in total. The van der Waals surface area contributed by atoms with Crippen LogP contribution in [0.5, 0.6) is 0 Å². The second-order valence-electron chi connectivity index (χ2n) is 10.9. The molecule has 0 heterocycles. The molecule has 3 aromatic rings. The van der Waals surface area contributed by atoms with E-state index in [1.807, 2.05) is 18.2 Å². The summed E-state index contributed by atoms with van der Waals surface area (Å²) in [6.45, 7) is 4.36. The molecule has 0 aromatic heterocycles. The topological polar surface area (TPSA) is 105 Å². The number of rotatable bonds is 13. The van der Waals surface area contributed by atoms with Crippen molar-refractivity contribution >= 4 is 17.8 Å². The van der Waals surface area contributed by atoms with Gasteiger partial charge in [0, 0.05) is 51.9 Å². The summed E-state index contributed by atoms with van der Waals surface area (Å²) in [6.07, 6.45) is 0.0848. The van der Waals surface area contributed by atoms with Gasteiger partial charge in [-0.25, -0.2) is 13.6 Å². The van der Waals surface area contributed by atoms with E-state index in [-0.39, 0.29) is 36.5 Å². The molecule has 1 unspecified atom stereocenters. The summed E-state index contributed by atoms with van der Waals surface area (Å²) in [5.74, 6) is -2.82. The van der Waals surface area contributed by atoms with E-state index < -0.39 is 35.7 Å². The van der Waals surface area contributed by atoms with Gasteiger partial charge in [-0.3, -0.25) is 9.59 Å². The smallest absolute Gasteiger partial charge is 0.338 e. The molecule has 0 fully saturated rings. The first-order valence-corrected chi connectivity index (χ1v) is 14.1. The summed E-state index contributed by atoms with van der Waals surface area (Å²) >= 11 is 0. The number of carbonyl (C=O) groups is 3. The van der Waals surface area contributed by atoms with Gasteiger partial charge in [0.1, 0.15) is 17.7 Å². The monoisotopic (exact) mass is 594 g/mol. The van der Waals surface area contributed by atoms with Crippen molar-refractivity contribution in [3.05, 3.63) is 106 Å². The number of hydrogen-bond acceptors (Lipinski definition) is 6. The molecular formula is C33H40F2N4O4. The van der Waals surface area contributed by atoms with Gasteiger partial charge < -0.3 is 25.6 Å². The lowest BCUT2D eigenvalue weighted by Gasteiger charge is -2.25. The fourth-order valence-electron chi connectivity index (χ4n) is 4.60. The molecule has 3 rings (SSSR count). The second kappa shape index (κ2) is 15.4. The molecule has 230 valence electrons. The van der Waals surface area contributed by atoms with Gasteiger partial charge in [-0.15, -0.1) is 0 Å². The highest BCUT2D eigenvalue weighted by atomic mass is 19.1. The van der Waals surface area contributed by atoms with Crippen molar-refractivity contribution in [1.82, 2.24) is 15.1 Å². The Morgan fingerprint density at radius 2 is 1.56 bits per heavy atom.